The zero-order valence-electron chi connectivity index (χ0n) is 16.9. The first-order valence-electron chi connectivity index (χ1n) is 9.16. The van der Waals surface area contributed by atoms with Gasteiger partial charge in [0.15, 0.2) is 0 Å². The molecule has 1 unspecified atom stereocenters. The summed E-state index contributed by atoms with van der Waals surface area (Å²) in [5.74, 6) is -0.601. The molecule has 2 rings (SSSR count). The van der Waals surface area contributed by atoms with Crippen molar-refractivity contribution >= 4 is 35.1 Å². The van der Waals surface area contributed by atoms with Crippen molar-refractivity contribution in [2.24, 2.45) is 0 Å². The lowest BCUT2D eigenvalue weighted by Gasteiger charge is -2.13. The Morgan fingerprint density at radius 1 is 1.17 bits per heavy atom. The van der Waals surface area contributed by atoms with Crippen LogP contribution in [0.5, 0.6) is 5.75 Å². The predicted octanol–water partition coefficient (Wildman–Crippen LogP) is 2.61. The lowest BCUT2D eigenvalue weighted by atomic mass is 10.2. The fourth-order valence-electron chi connectivity index (χ4n) is 2.48. The van der Waals surface area contributed by atoms with Crippen molar-refractivity contribution in [2.45, 2.75) is 33.2 Å². The van der Waals surface area contributed by atoms with Crippen LogP contribution in [0.1, 0.15) is 39.5 Å². The van der Waals surface area contributed by atoms with Gasteiger partial charge >= 0.3 is 0 Å². The van der Waals surface area contributed by atoms with Gasteiger partial charge in [-0.15, -0.1) is 11.3 Å². The second kappa shape index (κ2) is 10.4. The van der Waals surface area contributed by atoms with Gasteiger partial charge in [0.05, 0.1) is 12.0 Å². The normalized spacial score (nSPS) is 11.7. The van der Waals surface area contributed by atoms with E-state index >= 15 is 0 Å². The van der Waals surface area contributed by atoms with E-state index in [2.05, 4.69) is 16.2 Å². The standard InChI is InChI=1S/C21H25N3O4S/c1-5-17-13(2)12-18(29-17)21(27)24-23-20(26)14(3)22-19(25)11-8-15-6-9-16(28-4)10-7-15/h6-12,14H,5H2,1-4H3,(H,22,25)(H,23,26)(H,24,27)/b11-8+. The molecule has 8 heteroatoms. The van der Waals surface area contributed by atoms with Crippen molar-refractivity contribution in [1.29, 1.82) is 0 Å². The van der Waals surface area contributed by atoms with Crippen molar-refractivity contribution in [3.8, 4) is 5.75 Å². The molecule has 2 aromatic rings. The van der Waals surface area contributed by atoms with Crippen LogP contribution in [0.3, 0.4) is 0 Å². The third kappa shape index (κ3) is 6.46. The van der Waals surface area contributed by atoms with Crippen LogP contribution in [-0.4, -0.2) is 30.9 Å². The first-order chi connectivity index (χ1) is 13.8. The minimum absolute atomic E-state index is 0.385. The highest BCUT2D eigenvalue weighted by Gasteiger charge is 2.17. The van der Waals surface area contributed by atoms with E-state index in [0.29, 0.717) is 4.88 Å². The summed E-state index contributed by atoms with van der Waals surface area (Å²) in [6.45, 7) is 5.50. The maximum Gasteiger partial charge on any atom is 0.279 e. The predicted molar refractivity (Wildman–Crippen MR) is 114 cm³/mol. The number of hydrazine groups is 1. The average Bonchev–Trinajstić information content (AvgIpc) is 3.11. The Hall–Kier alpha value is -3.13. The molecule has 29 heavy (non-hydrogen) atoms. The number of rotatable bonds is 7. The molecule has 7 nitrogen and oxygen atoms in total. The molecule has 1 aromatic carbocycles. The summed E-state index contributed by atoms with van der Waals surface area (Å²) in [4.78, 5) is 37.9. The Kier molecular flexibility index (Phi) is 7.97. The molecule has 154 valence electrons. The third-order valence-corrected chi connectivity index (χ3v) is 5.54. The van der Waals surface area contributed by atoms with Crippen LogP contribution in [0.2, 0.25) is 0 Å². The van der Waals surface area contributed by atoms with Crippen LogP contribution in [0, 0.1) is 6.92 Å². The Morgan fingerprint density at radius 3 is 2.45 bits per heavy atom. The number of hydrogen-bond donors (Lipinski definition) is 3. The smallest absolute Gasteiger partial charge is 0.279 e. The van der Waals surface area contributed by atoms with Crippen LogP contribution in [-0.2, 0) is 16.0 Å². The number of thiophene rings is 1. The van der Waals surface area contributed by atoms with E-state index in [0.717, 1.165) is 28.2 Å². The van der Waals surface area contributed by atoms with Crippen LogP contribution in [0.4, 0.5) is 0 Å². The molecule has 3 amide bonds. The molecule has 0 aliphatic heterocycles. The van der Waals surface area contributed by atoms with E-state index in [1.807, 2.05) is 26.0 Å². The number of methoxy groups -OCH3 is 1. The largest absolute Gasteiger partial charge is 0.497 e. The fourth-order valence-corrected chi connectivity index (χ4v) is 3.49. The Morgan fingerprint density at radius 2 is 1.86 bits per heavy atom. The Balaban J connectivity index is 1.81. The van der Waals surface area contributed by atoms with Crippen LogP contribution in [0.25, 0.3) is 6.08 Å². The number of carbonyl (C=O) groups is 3. The Bertz CT molecular complexity index is 903. The number of hydrogen-bond acceptors (Lipinski definition) is 5. The molecule has 0 radical (unpaired) electrons. The first-order valence-corrected chi connectivity index (χ1v) is 9.97. The summed E-state index contributed by atoms with van der Waals surface area (Å²) in [7, 11) is 1.58. The number of nitrogens with one attached hydrogen (secondary N) is 3. The molecule has 0 aliphatic rings. The summed E-state index contributed by atoms with van der Waals surface area (Å²) in [5.41, 5.74) is 6.59. The zero-order chi connectivity index (χ0) is 21.4. The van der Waals surface area contributed by atoms with E-state index in [9.17, 15) is 14.4 Å². The minimum Gasteiger partial charge on any atom is -0.497 e. The molecule has 0 fully saturated rings. The van der Waals surface area contributed by atoms with Crippen LogP contribution in [0.15, 0.2) is 36.4 Å². The molecule has 0 aliphatic carbocycles. The summed E-state index contributed by atoms with van der Waals surface area (Å²) in [6.07, 6.45) is 3.82. The maximum atomic E-state index is 12.2. The second-order valence-electron chi connectivity index (χ2n) is 6.35. The van der Waals surface area contributed by atoms with Gasteiger partial charge in [-0.05, 0) is 55.7 Å². The van der Waals surface area contributed by atoms with Gasteiger partial charge in [0.1, 0.15) is 11.8 Å². The van der Waals surface area contributed by atoms with Crippen molar-refractivity contribution in [1.82, 2.24) is 16.2 Å². The molecular weight excluding hydrogens is 390 g/mol. The van der Waals surface area contributed by atoms with E-state index in [1.54, 1.807) is 31.4 Å². The molecule has 0 saturated heterocycles. The lowest BCUT2D eigenvalue weighted by molar-refractivity contribution is -0.127. The van der Waals surface area contributed by atoms with Crippen molar-refractivity contribution < 1.29 is 19.1 Å². The van der Waals surface area contributed by atoms with Gasteiger partial charge in [-0.2, -0.15) is 0 Å². The van der Waals surface area contributed by atoms with Crippen molar-refractivity contribution in [3.05, 3.63) is 57.3 Å². The highest BCUT2D eigenvalue weighted by Crippen LogP contribution is 2.22. The average molecular weight is 416 g/mol. The molecule has 3 N–H and O–H groups in total. The first kappa shape index (κ1) is 22.2. The molecule has 0 spiro atoms. The molecule has 1 heterocycles. The molecule has 0 saturated carbocycles. The van der Waals surface area contributed by atoms with E-state index < -0.39 is 17.9 Å². The monoisotopic (exact) mass is 415 g/mol. The highest BCUT2D eigenvalue weighted by atomic mass is 32.1. The van der Waals surface area contributed by atoms with Gasteiger partial charge < -0.3 is 10.1 Å². The number of carbonyl (C=O) groups excluding carboxylic acids is 3. The lowest BCUT2D eigenvalue weighted by Crippen LogP contribution is -2.50. The summed E-state index contributed by atoms with van der Waals surface area (Å²) < 4.78 is 5.08. The highest BCUT2D eigenvalue weighted by molar-refractivity contribution is 7.14. The van der Waals surface area contributed by atoms with Gasteiger partial charge in [-0.3, -0.25) is 25.2 Å². The van der Waals surface area contributed by atoms with Gasteiger partial charge in [-0.1, -0.05) is 19.1 Å². The third-order valence-electron chi connectivity index (χ3n) is 4.16. The van der Waals surface area contributed by atoms with E-state index in [-0.39, 0.29) is 5.91 Å². The molecular formula is C21H25N3O4S. The topological polar surface area (TPSA) is 96.5 Å². The number of amides is 3. The minimum atomic E-state index is -0.820. The maximum absolute atomic E-state index is 12.2. The Labute approximate surface area is 174 Å². The van der Waals surface area contributed by atoms with Gasteiger partial charge in [-0.25, -0.2) is 0 Å². The second-order valence-corrected chi connectivity index (χ2v) is 7.49. The van der Waals surface area contributed by atoms with Gasteiger partial charge in [0.25, 0.3) is 11.8 Å². The summed E-state index contributed by atoms with van der Waals surface area (Å²) >= 11 is 1.39. The number of ether oxygens (including phenoxy) is 1. The van der Waals surface area contributed by atoms with Crippen LogP contribution >= 0.6 is 11.3 Å². The fraction of sp³-hybridized carbons (Fsp3) is 0.286. The van der Waals surface area contributed by atoms with Crippen molar-refractivity contribution in [2.75, 3.05) is 7.11 Å². The zero-order valence-corrected chi connectivity index (χ0v) is 17.7. The molecule has 1 atom stereocenters. The SMILES string of the molecule is CCc1sc(C(=O)NNC(=O)C(C)NC(=O)/C=C/c2ccc(OC)cc2)cc1C. The van der Waals surface area contributed by atoms with E-state index in [1.165, 1.54) is 24.3 Å². The van der Waals surface area contributed by atoms with Gasteiger partial charge in [0, 0.05) is 11.0 Å². The van der Waals surface area contributed by atoms with Gasteiger partial charge in [0.2, 0.25) is 5.91 Å². The number of benzene rings is 1. The van der Waals surface area contributed by atoms with Crippen LogP contribution < -0.4 is 20.9 Å². The summed E-state index contributed by atoms with van der Waals surface area (Å²) in [6, 6.07) is 8.17. The quantitative estimate of drug-likeness (QED) is 0.478. The van der Waals surface area contributed by atoms with Crippen molar-refractivity contribution in [3.63, 3.8) is 0 Å². The number of aryl methyl sites for hydroxylation is 2. The summed E-state index contributed by atoms with van der Waals surface area (Å²) in [5, 5.41) is 2.55. The molecule has 1 aromatic heterocycles. The van der Waals surface area contributed by atoms with E-state index in [4.69, 9.17) is 4.74 Å². The molecule has 0 bridgehead atoms.